The molecule has 0 aromatic carbocycles. The van der Waals surface area contributed by atoms with Gasteiger partial charge in [-0.05, 0) is 74.0 Å². The molecule has 6 rings (SSSR count). The zero-order chi connectivity index (χ0) is 29.3. The van der Waals surface area contributed by atoms with E-state index in [1.54, 1.807) is 13.0 Å². The lowest BCUT2D eigenvalue weighted by atomic mass is 9.62. The maximum Gasteiger partial charge on any atom is 0.337 e. The topological polar surface area (TPSA) is 127 Å². The van der Waals surface area contributed by atoms with Crippen molar-refractivity contribution < 1.29 is 38.9 Å². The highest BCUT2D eigenvalue weighted by Gasteiger charge is 2.68. The van der Waals surface area contributed by atoms with Crippen LogP contribution in [0.5, 0.6) is 0 Å². The highest BCUT2D eigenvalue weighted by molar-refractivity contribution is 6.13. The van der Waals surface area contributed by atoms with Gasteiger partial charge in [0.05, 0.1) is 25.2 Å². The van der Waals surface area contributed by atoms with E-state index >= 15 is 0 Å². The van der Waals surface area contributed by atoms with Crippen molar-refractivity contribution in [2.24, 2.45) is 39.9 Å². The SMILES string of the molecule is C=C(C(=O)OC)C1=CC2=C(CC(C)(C(=O)OC)C3=CC4=C(C)C5CC5C4(C)C(O)C3=O)C3CC3C2(C)C(O)C1=O. The van der Waals surface area contributed by atoms with Crippen molar-refractivity contribution in [1.29, 1.82) is 0 Å². The number of ether oxygens (including phenoxy) is 2. The minimum atomic E-state index is -1.42. The molecular formula is C32H36O8. The molecule has 2 N–H and O–H groups in total. The molecule has 0 aliphatic heterocycles. The first-order chi connectivity index (χ1) is 18.7. The molecule has 40 heavy (non-hydrogen) atoms. The number of allylic oxidation sites excluding steroid dienone is 4. The van der Waals surface area contributed by atoms with E-state index in [4.69, 9.17) is 9.47 Å². The first-order valence-electron chi connectivity index (χ1n) is 13.9. The van der Waals surface area contributed by atoms with E-state index in [0.29, 0.717) is 11.5 Å². The Bertz CT molecular complexity index is 1460. The van der Waals surface area contributed by atoms with Crippen LogP contribution in [0.3, 0.4) is 0 Å². The third-order valence-electron chi connectivity index (χ3n) is 11.3. The lowest BCUT2D eigenvalue weighted by Gasteiger charge is -2.42. The normalized spacial score (nSPS) is 40.3. The molecule has 6 aliphatic rings. The number of rotatable bonds is 6. The van der Waals surface area contributed by atoms with Crippen molar-refractivity contribution >= 4 is 23.5 Å². The number of esters is 2. The fraction of sp³-hybridized carbons (Fsp3) is 0.562. The van der Waals surface area contributed by atoms with Crippen LogP contribution >= 0.6 is 0 Å². The fourth-order valence-corrected chi connectivity index (χ4v) is 8.65. The monoisotopic (exact) mass is 548 g/mol. The molecule has 6 aliphatic carbocycles. The van der Waals surface area contributed by atoms with Gasteiger partial charge in [0.2, 0.25) is 0 Å². The molecule has 2 fully saturated rings. The summed E-state index contributed by atoms with van der Waals surface area (Å²) in [5, 5.41) is 22.6. The zero-order valence-corrected chi connectivity index (χ0v) is 23.8. The first-order valence-corrected chi connectivity index (χ1v) is 13.9. The van der Waals surface area contributed by atoms with E-state index in [-0.39, 0.29) is 40.9 Å². The smallest absolute Gasteiger partial charge is 0.337 e. The van der Waals surface area contributed by atoms with E-state index in [1.165, 1.54) is 14.2 Å². The van der Waals surface area contributed by atoms with Gasteiger partial charge in [-0.15, -0.1) is 0 Å². The standard InChI is InChI=1S/C32H36O8/c1-13-15-8-20(15)31(4)19(13)11-23(25(34)27(31)36)30(3,29(38)40-7)12-18-17-10-21(17)32(5)22(18)9-16(24(33)26(32)35)14(2)28(37)39-6/h9,11,15,17,20-21,26-27,35-36H,2,8,10,12H2,1,3-7H3. The number of carbonyl (C=O) groups excluding carboxylic acids is 4. The Hall–Kier alpha value is -3.10. The number of methoxy groups -OCH3 is 2. The zero-order valence-electron chi connectivity index (χ0n) is 23.8. The summed E-state index contributed by atoms with van der Waals surface area (Å²) in [6, 6.07) is 0. The van der Waals surface area contributed by atoms with Crippen molar-refractivity contribution in [3.05, 3.63) is 57.7 Å². The molecule has 9 unspecified atom stereocenters. The van der Waals surface area contributed by atoms with Gasteiger partial charge in [0.15, 0.2) is 11.6 Å². The van der Waals surface area contributed by atoms with E-state index in [9.17, 15) is 29.4 Å². The van der Waals surface area contributed by atoms with Gasteiger partial charge in [0.1, 0.15) is 12.2 Å². The minimum Gasteiger partial charge on any atom is -0.468 e. The molecule has 0 aromatic heterocycles. The van der Waals surface area contributed by atoms with E-state index < -0.39 is 52.0 Å². The highest BCUT2D eigenvalue weighted by Crippen LogP contribution is 2.71. The van der Waals surface area contributed by atoms with Gasteiger partial charge in [-0.25, -0.2) is 4.79 Å². The van der Waals surface area contributed by atoms with Crippen LogP contribution < -0.4 is 0 Å². The maximum atomic E-state index is 13.8. The molecule has 0 radical (unpaired) electrons. The number of carbonyl (C=O) groups is 4. The largest absolute Gasteiger partial charge is 0.468 e. The van der Waals surface area contributed by atoms with Crippen LogP contribution in [0.4, 0.5) is 0 Å². The van der Waals surface area contributed by atoms with Crippen molar-refractivity contribution in [3.8, 4) is 0 Å². The van der Waals surface area contributed by atoms with Crippen LogP contribution in [0.2, 0.25) is 0 Å². The Morgan fingerprint density at radius 2 is 1.55 bits per heavy atom. The van der Waals surface area contributed by atoms with Crippen molar-refractivity contribution in [2.45, 2.75) is 59.2 Å². The van der Waals surface area contributed by atoms with Crippen molar-refractivity contribution in [1.82, 2.24) is 0 Å². The predicted molar refractivity (Wildman–Crippen MR) is 143 cm³/mol. The van der Waals surface area contributed by atoms with Crippen molar-refractivity contribution in [3.63, 3.8) is 0 Å². The molecule has 0 saturated heterocycles. The Morgan fingerprint density at radius 3 is 2.17 bits per heavy atom. The second kappa shape index (κ2) is 8.23. The minimum absolute atomic E-state index is 0.00276. The summed E-state index contributed by atoms with van der Waals surface area (Å²) >= 11 is 0. The van der Waals surface area contributed by atoms with Crippen LogP contribution in [0.25, 0.3) is 0 Å². The summed E-state index contributed by atoms with van der Waals surface area (Å²) in [4.78, 5) is 52.8. The average Bonchev–Trinajstić information content (AvgIpc) is 3.85. The third kappa shape index (κ3) is 3.09. The van der Waals surface area contributed by atoms with Crippen LogP contribution in [0.15, 0.2) is 57.7 Å². The maximum absolute atomic E-state index is 13.8. The first kappa shape index (κ1) is 27.1. The summed E-state index contributed by atoms with van der Waals surface area (Å²) in [6.45, 7) is 11.2. The lowest BCUT2D eigenvalue weighted by molar-refractivity contribution is -0.151. The molecule has 212 valence electrons. The fourth-order valence-electron chi connectivity index (χ4n) is 8.65. The second-order valence-electron chi connectivity index (χ2n) is 13.1. The number of fused-ring (bicyclic) bond motifs is 6. The molecule has 8 nitrogen and oxygen atoms in total. The summed E-state index contributed by atoms with van der Waals surface area (Å²) in [5.74, 6) is -1.85. The Labute approximate surface area is 233 Å². The lowest BCUT2D eigenvalue weighted by Crippen LogP contribution is -2.49. The van der Waals surface area contributed by atoms with Crippen LogP contribution in [0, 0.1) is 39.9 Å². The molecule has 0 spiro atoms. The van der Waals surface area contributed by atoms with Gasteiger partial charge in [-0.1, -0.05) is 37.6 Å². The summed E-state index contributed by atoms with van der Waals surface area (Å²) in [5.41, 5.74) is 0.681. The van der Waals surface area contributed by atoms with E-state index in [2.05, 4.69) is 6.58 Å². The predicted octanol–water partition coefficient (Wildman–Crippen LogP) is 2.95. The molecule has 0 amide bonds. The van der Waals surface area contributed by atoms with Crippen LogP contribution in [0.1, 0.15) is 47.0 Å². The molecule has 9 atom stereocenters. The Kier molecular flexibility index (Phi) is 5.57. The number of ketones is 2. The summed E-state index contributed by atoms with van der Waals surface area (Å²) in [6.07, 6.45) is 2.57. The highest BCUT2D eigenvalue weighted by atomic mass is 16.5. The van der Waals surface area contributed by atoms with Gasteiger partial charge in [-0.3, -0.25) is 14.4 Å². The molecule has 2 saturated carbocycles. The molecular weight excluding hydrogens is 512 g/mol. The summed E-state index contributed by atoms with van der Waals surface area (Å²) in [7, 11) is 2.47. The Morgan fingerprint density at radius 1 is 0.975 bits per heavy atom. The average molecular weight is 549 g/mol. The molecule has 0 aromatic rings. The molecule has 0 heterocycles. The number of aliphatic hydroxyl groups is 2. The van der Waals surface area contributed by atoms with Gasteiger partial charge < -0.3 is 19.7 Å². The quantitative estimate of drug-likeness (QED) is 0.383. The van der Waals surface area contributed by atoms with Gasteiger partial charge >= 0.3 is 11.9 Å². The van der Waals surface area contributed by atoms with Crippen molar-refractivity contribution in [2.75, 3.05) is 14.2 Å². The second-order valence-corrected chi connectivity index (χ2v) is 13.1. The molecule has 0 bridgehead atoms. The molecule has 8 heteroatoms. The number of hydrogen-bond donors (Lipinski definition) is 2. The third-order valence-corrected chi connectivity index (χ3v) is 11.3. The van der Waals surface area contributed by atoms with E-state index in [0.717, 1.165) is 29.6 Å². The Balaban J connectivity index is 1.50. The number of Topliss-reactive ketones (excluding diaryl/α,β-unsaturated/α-hetero) is 2. The van der Waals surface area contributed by atoms with Gasteiger partial charge in [-0.2, -0.15) is 0 Å². The van der Waals surface area contributed by atoms with E-state index in [1.807, 2.05) is 26.8 Å². The van der Waals surface area contributed by atoms with Gasteiger partial charge in [0, 0.05) is 22.0 Å². The number of hydrogen-bond acceptors (Lipinski definition) is 8. The van der Waals surface area contributed by atoms with Crippen LogP contribution in [-0.4, -0.2) is 60.1 Å². The van der Waals surface area contributed by atoms with Crippen LogP contribution in [-0.2, 0) is 28.7 Å². The summed E-state index contributed by atoms with van der Waals surface area (Å²) < 4.78 is 10.0. The number of aliphatic hydroxyl groups excluding tert-OH is 2. The van der Waals surface area contributed by atoms with Gasteiger partial charge in [0.25, 0.3) is 0 Å².